The highest BCUT2D eigenvalue weighted by atomic mass is 16.4. The molecular weight excluding hydrogens is 278 g/mol. The number of hydrogen-bond acceptors (Lipinski definition) is 2. The molecule has 0 radical (unpaired) electrons. The van der Waals surface area contributed by atoms with Gasteiger partial charge in [-0.25, -0.2) is 4.79 Å². The molecule has 1 atom stereocenters. The molecule has 1 saturated heterocycles. The Bertz CT molecular complexity index is 735. The van der Waals surface area contributed by atoms with E-state index in [1.165, 1.54) is 4.90 Å². The summed E-state index contributed by atoms with van der Waals surface area (Å²) in [4.78, 5) is 25.7. The Hall–Kier alpha value is -2.36. The molecule has 22 heavy (non-hydrogen) atoms. The maximum absolute atomic E-state index is 12.6. The zero-order valence-corrected chi connectivity index (χ0v) is 12.6. The van der Waals surface area contributed by atoms with E-state index in [-0.39, 0.29) is 12.3 Å². The molecule has 4 nitrogen and oxygen atoms in total. The monoisotopic (exact) mass is 297 g/mol. The zero-order valence-electron chi connectivity index (χ0n) is 12.6. The summed E-state index contributed by atoms with van der Waals surface area (Å²) in [5.41, 5.74) is -0.121. The summed E-state index contributed by atoms with van der Waals surface area (Å²) in [5, 5.41) is 11.6. The standard InChI is InChI=1S/C18H19NO3/c1-18(17(21)22)10-5-11-19(18)16(20)12-14-8-4-7-13-6-2-3-9-15(13)14/h2-4,6-9H,5,10-12H2,1H3,(H,21,22). The van der Waals surface area contributed by atoms with Gasteiger partial charge in [0.05, 0.1) is 6.42 Å². The van der Waals surface area contributed by atoms with Crippen molar-refractivity contribution in [2.75, 3.05) is 6.54 Å². The van der Waals surface area contributed by atoms with Crippen LogP contribution in [0.25, 0.3) is 10.8 Å². The smallest absolute Gasteiger partial charge is 0.329 e. The molecule has 0 saturated carbocycles. The summed E-state index contributed by atoms with van der Waals surface area (Å²) >= 11 is 0. The van der Waals surface area contributed by atoms with Gasteiger partial charge in [0.1, 0.15) is 5.54 Å². The Kier molecular flexibility index (Phi) is 3.61. The van der Waals surface area contributed by atoms with Gasteiger partial charge in [-0.05, 0) is 36.1 Å². The van der Waals surface area contributed by atoms with E-state index >= 15 is 0 Å². The fourth-order valence-electron chi connectivity index (χ4n) is 3.29. The van der Waals surface area contributed by atoms with E-state index in [0.717, 1.165) is 22.8 Å². The Morgan fingerprint density at radius 3 is 2.68 bits per heavy atom. The molecule has 1 heterocycles. The SMILES string of the molecule is CC1(C(=O)O)CCCN1C(=O)Cc1cccc2ccccc12. The number of likely N-dealkylation sites (tertiary alicyclic amines) is 1. The van der Waals surface area contributed by atoms with Gasteiger partial charge in [0, 0.05) is 6.54 Å². The molecule has 2 aromatic carbocycles. The van der Waals surface area contributed by atoms with E-state index in [1.54, 1.807) is 6.92 Å². The van der Waals surface area contributed by atoms with E-state index in [1.807, 2.05) is 42.5 Å². The molecule has 2 aromatic rings. The van der Waals surface area contributed by atoms with Gasteiger partial charge < -0.3 is 10.0 Å². The van der Waals surface area contributed by atoms with Crippen molar-refractivity contribution < 1.29 is 14.7 Å². The molecule has 3 rings (SSSR count). The summed E-state index contributed by atoms with van der Waals surface area (Å²) in [6, 6.07) is 13.8. The summed E-state index contributed by atoms with van der Waals surface area (Å²) in [7, 11) is 0. The second-order valence-corrected chi connectivity index (χ2v) is 6.04. The molecule has 0 aromatic heterocycles. The normalized spacial score (nSPS) is 21.2. The highest BCUT2D eigenvalue weighted by molar-refractivity contribution is 5.92. The first kappa shape index (κ1) is 14.6. The zero-order chi connectivity index (χ0) is 15.7. The third-order valence-corrected chi connectivity index (χ3v) is 4.62. The molecule has 4 heteroatoms. The van der Waals surface area contributed by atoms with Crippen LogP contribution in [0.2, 0.25) is 0 Å². The molecule has 1 aliphatic rings. The Morgan fingerprint density at radius 1 is 1.18 bits per heavy atom. The maximum atomic E-state index is 12.6. The minimum atomic E-state index is -1.07. The van der Waals surface area contributed by atoms with Gasteiger partial charge in [0.15, 0.2) is 0 Å². The first-order chi connectivity index (χ1) is 10.5. The summed E-state index contributed by atoms with van der Waals surface area (Å²) in [6.07, 6.45) is 1.50. The minimum Gasteiger partial charge on any atom is -0.480 e. The molecule has 1 fully saturated rings. The van der Waals surface area contributed by atoms with E-state index < -0.39 is 11.5 Å². The summed E-state index contributed by atoms with van der Waals surface area (Å²) in [6.45, 7) is 2.16. The number of benzene rings is 2. The predicted octanol–water partition coefficient (Wildman–Crippen LogP) is 2.85. The second kappa shape index (κ2) is 5.44. The highest BCUT2D eigenvalue weighted by Crippen LogP contribution is 2.30. The van der Waals surface area contributed by atoms with Gasteiger partial charge in [0.2, 0.25) is 5.91 Å². The van der Waals surface area contributed by atoms with Gasteiger partial charge in [0.25, 0.3) is 0 Å². The van der Waals surface area contributed by atoms with Crippen molar-refractivity contribution in [1.29, 1.82) is 0 Å². The van der Waals surface area contributed by atoms with Crippen LogP contribution in [0.15, 0.2) is 42.5 Å². The Labute approximate surface area is 129 Å². The highest BCUT2D eigenvalue weighted by Gasteiger charge is 2.45. The first-order valence-electron chi connectivity index (χ1n) is 7.53. The Morgan fingerprint density at radius 2 is 1.91 bits per heavy atom. The summed E-state index contributed by atoms with van der Waals surface area (Å²) in [5.74, 6) is -1.03. The maximum Gasteiger partial charge on any atom is 0.329 e. The minimum absolute atomic E-state index is 0.112. The molecule has 1 unspecified atom stereocenters. The van der Waals surface area contributed by atoms with Gasteiger partial charge in [-0.2, -0.15) is 0 Å². The van der Waals surface area contributed by atoms with Crippen LogP contribution in [-0.4, -0.2) is 34.0 Å². The molecule has 1 N–H and O–H groups in total. The van der Waals surface area contributed by atoms with Crippen molar-refractivity contribution in [2.24, 2.45) is 0 Å². The number of fused-ring (bicyclic) bond motifs is 1. The lowest BCUT2D eigenvalue weighted by Crippen LogP contribution is -2.51. The van der Waals surface area contributed by atoms with E-state index in [0.29, 0.717) is 13.0 Å². The third-order valence-electron chi connectivity index (χ3n) is 4.62. The van der Waals surface area contributed by atoms with E-state index in [2.05, 4.69) is 0 Å². The number of rotatable bonds is 3. The number of aliphatic carboxylic acids is 1. The van der Waals surface area contributed by atoms with Crippen LogP contribution < -0.4 is 0 Å². The summed E-state index contributed by atoms with van der Waals surface area (Å²) < 4.78 is 0. The van der Waals surface area contributed by atoms with Crippen molar-refractivity contribution in [1.82, 2.24) is 4.90 Å². The van der Waals surface area contributed by atoms with Crippen LogP contribution in [0.4, 0.5) is 0 Å². The number of carbonyl (C=O) groups excluding carboxylic acids is 1. The lowest BCUT2D eigenvalue weighted by atomic mass is 9.97. The fourth-order valence-corrected chi connectivity index (χ4v) is 3.29. The second-order valence-electron chi connectivity index (χ2n) is 6.04. The van der Waals surface area contributed by atoms with Crippen LogP contribution in [0, 0.1) is 0 Å². The van der Waals surface area contributed by atoms with Crippen LogP contribution >= 0.6 is 0 Å². The average molecular weight is 297 g/mol. The van der Waals surface area contributed by atoms with Crippen molar-refractivity contribution in [3.8, 4) is 0 Å². The predicted molar refractivity (Wildman–Crippen MR) is 84.6 cm³/mol. The van der Waals surface area contributed by atoms with Crippen LogP contribution in [0.1, 0.15) is 25.3 Å². The largest absolute Gasteiger partial charge is 0.480 e. The van der Waals surface area contributed by atoms with Gasteiger partial charge in [-0.15, -0.1) is 0 Å². The molecular formula is C18H19NO3. The number of carboxylic acid groups (broad SMARTS) is 1. The molecule has 0 spiro atoms. The van der Waals surface area contributed by atoms with Gasteiger partial charge in [-0.1, -0.05) is 42.5 Å². The van der Waals surface area contributed by atoms with Crippen LogP contribution in [-0.2, 0) is 16.0 Å². The Balaban J connectivity index is 1.89. The topological polar surface area (TPSA) is 57.6 Å². The molecule has 114 valence electrons. The molecule has 1 amide bonds. The van der Waals surface area contributed by atoms with Crippen molar-refractivity contribution in [3.63, 3.8) is 0 Å². The lowest BCUT2D eigenvalue weighted by Gasteiger charge is -2.31. The number of nitrogens with zero attached hydrogens (tertiary/aromatic N) is 1. The first-order valence-corrected chi connectivity index (χ1v) is 7.53. The lowest BCUT2D eigenvalue weighted by molar-refractivity contribution is -0.155. The van der Waals surface area contributed by atoms with Crippen molar-refractivity contribution in [3.05, 3.63) is 48.0 Å². The van der Waals surface area contributed by atoms with E-state index in [9.17, 15) is 14.7 Å². The van der Waals surface area contributed by atoms with Crippen molar-refractivity contribution >= 4 is 22.6 Å². The molecule has 0 bridgehead atoms. The number of amides is 1. The van der Waals surface area contributed by atoms with Crippen LogP contribution in [0.5, 0.6) is 0 Å². The van der Waals surface area contributed by atoms with Gasteiger partial charge in [-0.3, -0.25) is 4.79 Å². The average Bonchev–Trinajstić information content (AvgIpc) is 2.91. The van der Waals surface area contributed by atoms with Crippen molar-refractivity contribution in [2.45, 2.75) is 31.7 Å². The number of carboxylic acids is 1. The third kappa shape index (κ3) is 2.34. The molecule has 1 aliphatic heterocycles. The fraction of sp³-hybridized carbons (Fsp3) is 0.333. The van der Waals surface area contributed by atoms with Crippen LogP contribution in [0.3, 0.4) is 0 Å². The van der Waals surface area contributed by atoms with Gasteiger partial charge >= 0.3 is 5.97 Å². The quantitative estimate of drug-likeness (QED) is 0.947. The number of carbonyl (C=O) groups is 2. The van der Waals surface area contributed by atoms with E-state index in [4.69, 9.17) is 0 Å². The number of hydrogen-bond donors (Lipinski definition) is 1. The molecule has 0 aliphatic carbocycles.